The first-order valence-electron chi connectivity index (χ1n) is 4.55. The van der Waals surface area contributed by atoms with Crippen molar-refractivity contribution >= 4 is 11.9 Å². The number of hydrogen-bond acceptors (Lipinski definition) is 5. The Morgan fingerprint density at radius 1 is 1.18 bits per heavy atom. The summed E-state index contributed by atoms with van der Waals surface area (Å²) in [6.07, 6.45) is 0. The molecular formula is C10H11NO6. The number of hydrogen-bond donors (Lipinski definition) is 4. The highest BCUT2D eigenvalue weighted by molar-refractivity contribution is 5.96. The summed E-state index contributed by atoms with van der Waals surface area (Å²) in [6.45, 7) is -0.513. The van der Waals surface area contributed by atoms with E-state index < -0.39 is 35.7 Å². The van der Waals surface area contributed by atoms with Crippen LogP contribution >= 0.6 is 0 Å². The molecule has 0 heterocycles. The van der Waals surface area contributed by atoms with Crippen LogP contribution in [0.3, 0.4) is 0 Å². The first-order chi connectivity index (χ1) is 7.82. The molecule has 1 rings (SSSR count). The number of benzene rings is 1. The molecule has 0 fully saturated rings. The Kier molecular flexibility index (Phi) is 3.42. The van der Waals surface area contributed by atoms with Crippen molar-refractivity contribution in [3.8, 4) is 17.2 Å². The van der Waals surface area contributed by atoms with Crippen LogP contribution in [-0.4, -0.2) is 50.8 Å². The number of carbonyl (C=O) groups excluding carboxylic acids is 1. The molecule has 1 aromatic rings. The number of carboxylic acid groups (broad SMARTS) is 1. The highest BCUT2D eigenvalue weighted by Crippen LogP contribution is 2.35. The fourth-order valence-electron chi connectivity index (χ4n) is 1.22. The van der Waals surface area contributed by atoms with Gasteiger partial charge in [0, 0.05) is 12.6 Å². The third kappa shape index (κ3) is 2.77. The van der Waals surface area contributed by atoms with Crippen molar-refractivity contribution in [2.45, 2.75) is 0 Å². The van der Waals surface area contributed by atoms with Crippen molar-refractivity contribution in [3.05, 3.63) is 17.7 Å². The lowest BCUT2D eigenvalue weighted by molar-refractivity contribution is -0.137. The Morgan fingerprint density at radius 2 is 1.65 bits per heavy atom. The van der Waals surface area contributed by atoms with E-state index in [9.17, 15) is 19.8 Å². The zero-order valence-corrected chi connectivity index (χ0v) is 8.91. The molecule has 0 spiro atoms. The summed E-state index contributed by atoms with van der Waals surface area (Å²) in [5, 5.41) is 36.0. The normalized spacial score (nSPS) is 9.94. The summed E-state index contributed by atoms with van der Waals surface area (Å²) in [5.41, 5.74) is -0.124. The molecule has 0 unspecified atom stereocenters. The van der Waals surface area contributed by atoms with Crippen molar-refractivity contribution < 1.29 is 30.0 Å². The minimum Gasteiger partial charge on any atom is -0.504 e. The number of phenolic OH excluding ortho intramolecular Hbond substituents is 3. The number of amides is 1. The minimum absolute atomic E-state index is 0.124. The second-order valence-electron chi connectivity index (χ2n) is 3.42. The zero-order valence-electron chi connectivity index (χ0n) is 8.91. The number of nitrogens with zero attached hydrogens (tertiary/aromatic N) is 1. The zero-order chi connectivity index (χ0) is 13.2. The van der Waals surface area contributed by atoms with Gasteiger partial charge in [-0.1, -0.05) is 0 Å². The Bertz CT molecular complexity index is 447. The number of likely N-dealkylation sites (N-methyl/N-ethyl adjacent to an activating group) is 1. The molecule has 4 N–H and O–H groups in total. The number of carboxylic acids is 1. The van der Waals surface area contributed by atoms with E-state index in [0.29, 0.717) is 0 Å². The molecule has 92 valence electrons. The van der Waals surface area contributed by atoms with Crippen molar-refractivity contribution in [2.75, 3.05) is 13.6 Å². The first-order valence-corrected chi connectivity index (χ1v) is 4.55. The lowest BCUT2D eigenvalue weighted by atomic mass is 10.1. The molecule has 0 aliphatic rings. The summed E-state index contributed by atoms with van der Waals surface area (Å²) < 4.78 is 0. The minimum atomic E-state index is -1.19. The lowest BCUT2D eigenvalue weighted by Gasteiger charge is -2.15. The molecule has 0 aliphatic heterocycles. The van der Waals surface area contributed by atoms with Crippen molar-refractivity contribution in [1.29, 1.82) is 0 Å². The standard InChI is InChI=1S/C10H11NO6/c1-11(4-8(14)15)10(17)5-2-6(12)9(16)7(13)3-5/h2-3,12-13,16H,4H2,1H3,(H,14,15). The van der Waals surface area contributed by atoms with Gasteiger partial charge >= 0.3 is 5.97 Å². The van der Waals surface area contributed by atoms with Gasteiger partial charge in [0.2, 0.25) is 0 Å². The molecule has 17 heavy (non-hydrogen) atoms. The van der Waals surface area contributed by atoms with Gasteiger partial charge in [0.15, 0.2) is 17.2 Å². The monoisotopic (exact) mass is 241 g/mol. The third-order valence-corrected chi connectivity index (χ3v) is 2.04. The molecule has 0 aliphatic carbocycles. The van der Waals surface area contributed by atoms with Crippen molar-refractivity contribution in [1.82, 2.24) is 4.90 Å². The van der Waals surface area contributed by atoms with E-state index >= 15 is 0 Å². The fraction of sp³-hybridized carbons (Fsp3) is 0.200. The van der Waals surface area contributed by atoms with Gasteiger partial charge in [0.05, 0.1) is 0 Å². The van der Waals surface area contributed by atoms with E-state index in [1.165, 1.54) is 7.05 Å². The van der Waals surface area contributed by atoms with Crippen LogP contribution in [0.4, 0.5) is 0 Å². The molecule has 0 bridgehead atoms. The summed E-state index contributed by atoms with van der Waals surface area (Å²) in [6, 6.07) is 1.88. The second-order valence-corrected chi connectivity index (χ2v) is 3.42. The topological polar surface area (TPSA) is 118 Å². The number of carbonyl (C=O) groups is 2. The Balaban J connectivity index is 3.01. The number of aromatic hydroxyl groups is 3. The van der Waals surface area contributed by atoms with E-state index in [0.717, 1.165) is 17.0 Å². The lowest BCUT2D eigenvalue weighted by Crippen LogP contribution is -2.31. The van der Waals surface area contributed by atoms with Crippen LogP contribution in [0.1, 0.15) is 10.4 Å². The van der Waals surface area contributed by atoms with E-state index in [-0.39, 0.29) is 5.56 Å². The summed E-state index contributed by atoms with van der Waals surface area (Å²) in [4.78, 5) is 23.0. The van der Waals surface area contributed by atoms with E-state index in [1.54, 1.807) is 0 Å². The van der Waals surface area contributed by atoms with Gasteiger partial charge in [0.25, 0.3) is 5.91 Å². The molecule has 0 radical (unpaired) electrons. The van der Waals surface area contributed by atoms with Gasteiger partial charge in [-0.05, 0) is 12.1 Å². The van der Waals surface area contributed by atoms with Gasteiger partial charge in [-0.25, -0.2) is 0 Å². The van der Waals surface area contributed by atoms with Crippen molar-refractivity contribution in [2.24, 2.45) is 0 Å². The largest absolute Gasteiger partial charge is 0.504 e. The van der Waals surface area contributed by atoms with E-state index in [4.69, 9.17) is 10.2 Å². The molecule has 0 saturated carbocycles. The number of phenols is 3. The van der Waals surface area contributed by atoms with Crippen LogP contribution in [-0.2, 0) is 4.79 Å². The predicted molar refractivity (Wildman–Crippen MR) is 56.0 cm³/mol. The highest BCUT2D eigenvalue weighted by atomic mass is 16.4. The third-order valence-electron chi connectivity index (χ3n) is 2.04. The maximum Gasteiger partial charge on any atom is 0.323 e. The molecule has 0 aromatic heterocycles. The van der Waals surface area contributed by atoms with E-state index in [2.05, 4.69) is 0 Å². The average molecular weight is 241 g/mol. The maximum atomic E-state index is 11.7. The maximum absolute atomic E-state index is 11.7. The highest BCUT2D eigenvalue weighted by Gasteiger charge is 2.18. The van der Waals surface area contributed by atoms with Crippen LogP contribution in [0.15, 0.2) is 12.1 Å². The number of rotatable bonds is 3. The van der Waals surface area contributed by atoms with Crippen LogP contribution in [0, 0.1) is 0 Å². The van der Waals surface area contributed by atoms with Gasteiger partial charge in [-0.2, -0.15) is 0 Å². The van der Waals surface area contributed by atoms with Gasteiger partial charge in [-0.15, -0.1) is 0 Å². The predicted octanol–water partition coefficient (Wildman–Crippen LogP) is -0.0400. The van der Waals surface area contributed by atoms with Gasteiger partial charge in [-0.3, -0.25) is 9.59 Å². The average Bonchev–Trinajstić information content (AvgIpc) is 2.23. The Hall–Kier alpha value is -2.44. The van der Waals surface area contributed by atoms with Gasteiger partial charge in [0.1, 0.15) is 6.54 Å². The molecule has 1 aromatic carbocycles. The van der Waals surface area contributed by atoms with Crippen LogP contribution in [0.2, 0.25) is 0 Å². The smallest absolute Gasteiger partial charge is 0.323 e. The quantitative estimate of drug-likeness (QED) is 0.551. The molecule has 7 nitrogen and oxygen atoms in total. The number of aliphatic carboxylic acids is 1. The van der Waals surface area contributed by atoms with Crippen LogP contribution in [0.5, 0.6) is 17.2 Å². The van der Waals surface area contributed by atoms with Crippen molar-refractivity contribution in [3.63, 3.8) is 0 Å². The first kappa shape index (κ1) is 12.6. The summed E-state index contributed by atoms with van der Waals surface area (Å²) in [5.74, 6) is -3.93. The SMILES string of the molecule is CN(CC(=O)O)C(=O)c1cc(O)c(O)c(O)c1. The summed E-state index contributed by atoms with van der Waals surface area (Å²) >= 11 is 0. The van der Waals surface area contributed by atoms with Crippen LogP contribution in [0.25, 0.3) is 0 Å². The molecule has 0 atom stereocenters. The van der Waals surface area contributed by atoms with Gasteiger partial charge < -0.3 is 25.3 Å². The summed E-state index contributed by atoms with van der Waals surface area (Å²) in [7, 11) is 1.26. The van der Waals surface area contributed by atoms with E-state index in [1.807, 2.05) is 0 Å². The fourth-order valence-corrected chi connectivity index (χ4v) is 1.22. The van der Waals surface area contributed by atoms with Crippen LogP contribution < -0.4 is 0 Å². The molecule has 0 saturated heterocycles. The molecule has 1 amide bonds. The Labute approximate surface area is 96.2 Å². The molecule has 7 heteroatoms. The second kappa shape index (κ2) is 4.60. The Morgan fingerprint density at radius 3 is 2.06 bits per heavy atom. The molecular weight excluding hydrogens is 230 g/mol.